The fourth-order valence-corrected chi connectivity index (χ4v) is 4.10. The lowest BCUT2D eigenvalue weighted by atomic mass is 10.0. The Morgan fingerprint density at radius 3 is 2.47 bits per heavy atom. The largest absolute Gasteiger partial charge is 0.493 e. The molecule has 1 N–H and O–H groups in total. The molecule has 1 saturated heterocycles. The molecule has 0 saturated carbocycles. The fourth-order valence-electron chi connectivity index (χ4n) is 4.10. The van der Waals surface area contributed by atoms with E-state index in [4.69, 9.17) is 9.47 Å². The van der Waals surface area contributed by atoms with E-state index in [9.17, 15) is 9.59 Å². The van der Waals surface area contributed by atoms with Crippen LogP contribution in [0.2, 0.25) is 0 Å². The van der Waals surface area contributed by atoms with Gasteiger partial charge in [-0.05, 0) is 24.5 Å². The van der Waals surface area contributed by atoms with Gasteiger partial charge in [-0.1, -0.05) is 30.3 Å². The van der Waals surface area contributed by atoms with Crippen molar-refractivity contribution in [3.8, 4) is 11.5 Å². The van der Waals surface area contributed by atoms with Gasteiger partial charge >= 0.3 is 0 Å². The number of hydrogen-bond donors (Lipinski definition) is 1. The fraction of sp³-hybridized carbons (Fsp3) is 0.375. The SMILES string of the molecule is COc1cc2ncn(CC(=O)NC3CCN(Cc4ccccc4)CC3)c(=O)c2cc1OC. The molecule has 1 aliphatic heterocycles. The second kappa shape index (κ2) is 9.82. The molecule has 8 nitrogen and oxygen atoms in total. The van der Waals surface area contributed by atoms with Crippen molar-refractivity contribution in [2.75, 3.05) is 27.3 Å². The molecule has 4 rings (SSSR count). The zero-order valence-electron chi connectivity index (χ0n) is 18.4. The number of methoxy groups -OCH3 is 2. The summed E-state index contributed by atoms with van der Waals surface area (Å²) in [6, 6.07) is 13.8. The number of likely N-dealkylation sites (tertiary alicyclic amines) is 1. The Morgan fingerprint density at radius 1 is 1.09 bits per heavy atom. The molecule has 3 aromatic rings. The number of benzene rings is 2. The smallest absolute Gasteiger partial charge is 0.261 e. The van der Waals surface area contributed by atoms with Gasteiger partial charge in [-0.15, -0.1) is 0 Å². The molecule has 8 heteroatoms. The van der Waals surface area contributed by atoms with Crippen molar-refractivity contribution < 1.29 is 14.3 Å². The van der Waals surface area contributed by atoms with Crippen LogP contribution in [0.3, 0.4) is 0 Å². The number of rotatable bonds is 7. The van der Waals surface area contributed by atoms with E-state index in [2.05, 4.69) is 39.5 Å². The second-order valence-electron chi connectivity index (χ2n) is 8.01. The molecule has 0 radical (unpaired) electrons. The van der Waals surface area contributed by atoms with Gasteiger partial charge in [0.1, 0.15) is 6.54 Å². The normalized spacial score (nSPS) is 14.9. The van der Waals surface area contributed by atoms with Crippen molar-refractivity contribution in [1.82, 2.24) is 19.8 Å². The van der Waals surface area contributed by atoms with Gasteiger partial charge in [-0.25, -0.2) is 4.98 Å². The molecular formula is C24H28N4O4. The summed E-state index contributed by atoms with van der Waals surface area (Å²) in [4.78, 5) is 32.2. The van der Waals surface area contributed by atoms with E-state index in [-0.39, 0.29) is 24.1 Å². The lowest BCUT2D eigenvalue weighted by Crippen LogP contribution is -2.45. The van der Waals surface area contributed by atoms with Crippen LogP contribution in [-0.2, 0) is 17.9 Å². The summed E-state index contributed by atoms with van der Waals surface area (Å²) >= 11 is 0. The van der Waals surface area contributed by atoms with Gasteiger partial charge in [0.2, 0.25) is 5.91 Å². The Kier molecular flexibility index (Phi) is 6.70. The minimum absolute atomic E-state index is 0.0691. The average molecular weight is 437 g/mol. The zero-order valence-corrected chi connectivity index (χ0v) is 18.4. The van der Waals surface area contributed by atoms with Gasteiger partial charge < -0.3 is 14.8 Å². The number of amides is 1. The molecule has 1 aliphatic rings. The molecule has 0 aliphatic carbocycles. The van der Waals surface area contributed by atoms with Crippen molar-refractivity contribution in [3.05, 3.63) is 64.7 Å². The van der Waals surface area contributed by atoms with Crippen molar-refractivity contribution in [1.29, 1.82) is 0 Å². The predicted molar refractivity (Wildman–Crippen MR) is 122 cm³/mol. The molecule has 1 fully saturated rings. The Bertz CT molecular complexity index is 1140. The van der Waals surface area contributed by atoms with Gasteiger partial charge in [0, 0.05) is 31.7 Å². The van der Waals surface area contributed by atoms with Crippen LogP contribution in [-0.4, -0.2) is 53.7 Å². The van der Waals surface area contributed by atoms with E-state index in [1.54, 1.807) is 12.1 Å². The number of nitrogens with zero attached hydrogens (tertiary/aromatic N) is 3. The van der Waals surface area contributed by atoms with Gasteiger partial charge in [0.05, 0.1) is 31.4 Å². The van der Waals surface area contributed by atoms with E-state index in [0.717, 1.165) is 32.5 Å². The Morgan fingerprint density at radius 2 is 1.78 bits per heavy atom. The van der Waals surface area contributed by atoms with E-state index < -0.39 is 0 Å². The van der Waals surface area contributed by atoms with Crippen LogP contribution in [0.4, 0.5) is 0 Å². The first-order valence-corrected chi connectivity index (χ1v) is 10.7. The Balaban J connectivity index is 1.36. The molecule has 0 unspecified atom stereocenters. The highest BCUT2D eigenvalue weighted by Gasteiger charge is 2.21. The van der Waals surface area contributed by atoms with Crippen molar-refractivity contribution in [2.24, 2.45) is 0 Å². The van der Waals surface area contributed by atoms with E-state index in [0.29, 0.717) is 22.4 Å². The number of piperidine rings is 1. The molecule has 1 aromatic heterocycles. The van der Waals surface area contributed by atoms with E-state index in [1.807, 2.05) is 6.07 Å². The molecule has 0 spiro atoms. The predicted octanol–water partition coefficient (Wildman–Crippen LogP) is 2.19. The summed E-state index contributed by atoms with van der Waals surface area (Å²) in [5.74, 6) is 0.764. The average Bonchev–Trinajstić information content (AvgIpc) is 2.82. The number of hydrogen-bond acceptors (Lipinski definition) is 6. The van der Waals surface area contributed by atoms with Gasteiger partial charge in [0.25, 0.3) is 5.56 Å². The van der Waals surface area contributed by atoms with E-state index >= 15 is 0 Å². The Labute approximate surface area is 186 Å². The number of ether oxygens (including phenoxy) is 2. The lowest BCUT2D eigenvalue weighted by Gasteiger charge is -2.32. The minimum Gasteiger partial charge on any atom is -0.493 e. The van der Waals surface area contributed by atoms with Crippen LogP contribution in [0.5, 0.6) is 11.5 Å². The monoisotopic (exact) mass is 436 g/mol. The lowest BCUT2D eigenvalue weighted by molar-refractivity contribution is -0.122. The molecule has 168 valence electrons. The molecule has 32 heavy (non-hydrogen) atoms. The van der Waals surface area contributed by atoms with Crippen LogP contribution in [0.1, 0.15) is 18.4 Å². The molecule has 0 bridgehead atoms. The molecule has 1 amide bonds. The standard InChI is InChI=1S/C24H28N4O4/c1-31-21-12-19-20(13-22(21)32-2)25-16-28(24(19)30)15-23(29)26-18-8-10-27(11-9-18)14-17-6-4-3-5-7-17/h3-7,12-13,16,18H,8-11,14-15H2,1-2H3,(H,26,29). The molecule has 2 heterocycles. The van der Waals surface area contributed by atoms with Crippen LogP contribution in [0.15, 0.2) is 53.6 Å². The van der Waals surface area contributed by atoms with Crippen molar-refractivity contribution in [2.45, 2.75) is 32.0 Å². The maximum absolute atomic E-state index is 12.9. The number of fused-ring (bicyclic) bond motifs is 1. The van der Waals surface area contributed by atoms with Crippen molar-refractivity contribution >= 4 is 16.8 Å². The van der Waals surface area contributed by atoms with Crippen LogP contribution >= 0.6 is 0 Å². The highest BCUT2D eigenvalue weighted by molar-refractivity contribution is 5.82. The maximum Gasteiger partial charge on any atom is 0.261 e. The maximum atomic E-state index is 12.9. The molecule has 2 aromatic carbocycles. The number of carbonyl (C=O) groups is 1. The second-order valence-corrected chi connectivity index (χ2v) is 8.01. The van der Waals surface area contributed by atoms with Crippen LogP contribution in [0.25, 0.3) is 10.9 Å². The summed E-state index contributed by atoms with van der Waals surface area (Å²) in [6.07, 6.45) is 3.18. The number of aromatic nitrogens is 2. The quantitative estimate of drug-likeness (QED) is 0.611. The third kappa shape index (κ3) is 4.91. The van der Waals surface area contributed by atoms with Crippen LogP contribution in [0, 0.1) is 0 Å². The zero-order chi connectivity index (χ0) is 22.5. The molecular weight excluding hydrogens is 408 g/mol. The summed E-state index contributed by atoms with van der Waals surface area (Å²) in [5.41, 5.74) is 1.51. The van der Waals surface area contributed by atoms with Gasteiger partial charge in [0.15, 0.2) is 11.5 Å². The first-order chi connectivity index (χ1) is 15.6. The van der Waals surface area contributed by atoms with Gasteiger partial charge in [-0.3, -0.25) is 19.1 Å². The minimum atomic E-state index is -0.288. The Hall–Kier alpha value is -3.39. The third-order valence-electron chi connectivity index (χ3n) is 5.84. The van der Waals surface area contributed by atoms with E-state index in [1.165, 1.54) is 30.7 Å². The highest BCUT2D eigenvalue weighted by atomic mass is 16.5. The summed E-state index contributed by atoms with van der Waals surface area (Å²) < 4.78 is 11.9. The third-order valence-corrected chi connectivity index (χ3v) is 5.84. The van der Waals surface area contributed by atoms with Crippen molar-refractivity contribution in [3.63, 3.8) is 0 Å². The first-order valence-electron chi connectivity index (χ1n) is 10.7. The topological polar surface area (TPSA) is 85.7 Å². The number of nitrogens with one attached hydrogen (secondary N) is 1. The summed E-state index contributed by atoms with van der Waals surface area (Å²) in [7, 11) is 3.04. The van der Waals surface area contributed by atoms with Crippen LogP contribution < -0.4 is 20.3 Å². The molecule has 0 atom stereocenters. The summed E-state index contributed by atoms with van der Waals surface area (Å²) in [6.45, 7) is 2.71. The number of carbonyl (C=O) groups excluding carboxylic acids is 1. The summed E-state index contributed by atoms with van der Waals surface area (Å²) in [5, 5.41) is 3.45. The first kappa shape index (κ1) is 21.8. The highest BCUT2D eigenvalue weighted by Crippen LogP contribution is 2.29. The van der Waals surface area contributed by atoms with Gasteiger partial charge in [-0.2, -0.15) is 0 Å².